The first-order chi connectivity index (χ1) is 9.17. The zero-order valence-electron chi connectivity index (χ0n) is 11.7. The SMILES string of the molecule is CCc1nc(C)cn1Cc1cc(C)c2[nH]ccc2c1. The molecule has 98 valence electrons. The monoisotopic (exact) mass is 253 g/mol. The topological polar surface area (TPSA) is 33.6 Å². The van der Waals surface area contributed by atoms with Crippen molar-refractivity contribution in [1.82, 2.24) is 14.5 Å². The van der Waals surface area contributed by atoms with Gasteiger partial charge in [-0.15, -0.1) is 0 Å². The molecule has 2 aromatic heterocycles. The van der Waals surface area contributed by atoms with E-state index in [-0.39, 0.29) is 0 Å². The summed E-state index contributed by atoms with van der Waals surface area (Å²) in [5, 5.41) is 1.28. The van der Waals surface area contributed by atoms with Crippen LogP contribution in [0, 0.1) is 13.8 Å². The summed E-state index contributed by atoms with van der Waals surface area (Å²) in [4.78, 5) is 7.84. The number of rotatable bonds is 3. The molecule has 0 fully saturated rings. The second kappa shape index (κ2) is 4.57. The molecule has 3 heteroatoms. The van der Waals surface area contributed by atoms with Crippen molar-refractivity contribution in [2.75, 3.05) is 0 Å². The normalized spacial score (nSPS) is 11.3. The number of benzene rings is 1. The molecule has 19 heavy (non-hydrogen) atoms. The quantitative estimate of drug-likeness (QED) is 0.760. The van der Waals surface area contributed by atoms with Gasteiger partial charge < -0.3 is 9.55 Å². The lowest BCUT2D eigenvalue weighted by Crippen LogP contribution is -2.03. The minimum atomic E-state index is 0.895. The second-order valence-electron chi connectivity index (χ2n) is 5.13. The van der Waals surface area contributed by atoms with E-state index in [2.05, 4.69) is 59.7 Å². The highest BCUT2D eigenvalue weighted by Crippen LogP contribution is 2.20. The number of hydrogen-bond acceptors (Lipinski definition) is 1. The molecular weight excluding hydrogens is 234 g/mol. The Morgan fingerprint density at radius 2 is 2.11 bits per heavy atom. The highest BCUT2D eigenvalue weighted by atomic mass is 15.1. The van der Waals surface area contributed by atoms with Crippen LogP contribution < -0.4 is 0 Å². The van der Waals surface area contributed by atoms with E-state index in [1.54, 1.807) is 0 Å². The average Bonchev–Trinajstić information content (AvgIpc) is 2.96. The van der Waals surface area contributed by atoms with Gasteiger partial charge in [0.05, 0.1) is 5.69 Å². The number of nitrogens with one attached hydrogen (secondary N) is 1. The van der Waals surface area contributed by atoms with Crippen molar-refractivity contribution < 1.29 is 0 Å². The minimum absolute atomic E-state index is 0.895. The molecule has 2 heterocycles. The average molecular weight is 253 g/mol. The molecule has 1 N–H and O–H groups in total. The molecule has 0 aliphatic heterocycles. The van der Waals surface area contributed by atoms with Gasteiger partial charge in [0.2, 0.25) is 0 Å². The first-order valence-corrected chi connectivity index (χ1v) is 6.76. The van der Waals surface area contributed by atoms with Gasteiger partial charge in [-0.1, -0.05) is 13.0 Å². The fraction of sp³-hybridized carbons (Fsp3) is 0.312. The first kappa shape index (κ1) is 12.0. The van der Waals surface area contributed by atoms with Gasteiger partial charge in [0, 0.05) is 30.9 Å². The summed E-state index contributed by atoms with van der Waals surface area (Å²) in [6.07, 6.45) is 5.11. The van der Waals surface area contributed by atoms with Gasteiger partial charge in [-0.2, -0.15) is 0 Å². The molecule has 0 spiro atoms. The fourth-order valence-electron chi connectivity index (χ4n) is 2.74. The molecule has 3 aromatic rings. The smallest absolute Gasteiger partial charge is 0.108 e. The standard InChI is InChI=1S/C16H19N3/c1-4-15-18-12(3)9-19(15)10-13-7-11(2)16-14(8-13)5-6-17-16/h5-9,17H,4,10H2,1-3H3. The third-order valence-corrected chi connectivity index (χ3v) is 3.57. The molecule has 0 unspecified atom stereocenters. The summed E-state index contributed by atoms with van der Waals surface area (Å²) in [6.45, 7) is 7.25. The molecule has 1 aromatic carbocycles. The van der Waals surface area contributed by atoms with E-state index in [1.165, 1.54) is 22.0 Å². The number of imidazole rings is 1. The van der Waals surface area contributed by atoms with E-state index in [0.717, 1.165) is 24.5 Å². The van der Waals surface area contributed by atoms with Crippen molar-refractivity contribution in [3.8, 4) is 0 Å². The maximum Gasteiger partial charge on any atom is 0.108 e. The predicted octanol–water partition coefficient (Wildman–Crippen LogP) is 3.59. The summed E-state index contributed by atoms with van der Waals surface area (Å²) in [7, 11) is 0. The van der Waals surface area contributed by atoms with Gasteiger partial charge in [-0.25, -0.2) is 4.98 Å². The zero-order valence-corrected chi connectivity index (χ0v) is 11.7. The zero-order chi connectivity index (χ0) is 13.4. The Morgan fingerprint density at radius 1 is 1.26 bits per heavy atom. The number of aromatic amines is 1. The highest BCUT2D eigenvalue weighted by molar-refractivity contribution is 5.83. The van der Waals surface area contributed by atoms with Crippen LogP contribution in [0.25, 0.3) is 10.9 Å². The van der Waals surface area contributed by atoms with E-state index in [0.29, 0.717) is 0 Å². The van der Waals surface area contributed by atoms with Gasteiger partial charge in [-0.3, -0.25) is 0 Å². The van der Waals surface area contributed by atoms with Gasteiger partial charge in [0.25, 0.3) is 0 Å². The van der Waals surface area contributed by atoms with Crippen LogP contribution in [-0.2, 0) is 13.0 Å². The van der Waals surface area contributed by atoms with Crippen LogP contribution in [0.2, 0.25) is 0 Å². The van der Waals surface area contributed by atoms with Gasteiger partial charge >= 0.3 is 0 Å². The van der Waals surface area contributed by atoms with Crippen molar-refractivity contribution in [2.45, 2.75) is 33.7 Å². The van der Waals surface area contributed by atoms with Crippen LogP contribution in [0.3, 0.4) is 0 Å². The van der Waals surface area contributed by atoms with Gasteiger partial charge in [0.15, 0.2) is 0 Å². The lowest BCUT2D eigenvalue weighted by molar-refractivity contribution is 0.732. The van der Waals surface area contributed by atoms with Crippen molar-refractivity contribution in [3.63, 3.8) is 0 Å². The van der Waals surface area contributed by atoms with Crippen LogP contribution in [0.1, 0.15) is 29.6 Å². The summed E-state index contributed by atoms with van der Waals surface area (Å²) in [5.41, 5.74) is 4.96. The van der Waals surface area contributed by atoms with Crippen LogP contribution in [0.4, 0.5) is 0 Å². The third-order valence-electron chi connectivity index (χ3n) is 3.57. The molecule has 0 saturated carbocycles. The number of hydrogen-bond donors (Lipinski definition) is 1. The first-order valence-electron chi connectivity index (χ1n) is 6.76. The molecular formula is C16H19N3. The van der Waals surface area contributed by atoms with E-state index >= 15 is 0 Å². The van der Waals surface area contributed by atoms with E-state index < -0.39 is 0 Å². The summed E-state index contributed by atoms with van der Waals surface area (Å²) >= 11 is 0. The Balaban J connectivity index is 2.00. The predicted molar refractivity (Wildman–Crippen MR) is 78.5 cm³/mol. The molecule has 0 amide bonds. The van der Waals surface area contributed by atoms with Crippen LogP contribution in [0.5, 0.6) is 0 Å². The molecule has 0 radical (unpaired) electrons. The Hall–Kier alpha value is -2.03. The highest BCUT2D eigenvalue weighted by Gasteiger charge is 2.06. The van der Waals surface area contributed by atoms with Crippen LogP contribution in [-0.4, -0.2) is 14.5 Å². The summed E-state index contributed by atoms with van der Waals surface area (Å²) < 4.78 is 2.25. The minimum Gasteiger partial charge on any atom is -0.361 e. The maximum atomic E-state index is 4.56. The summed E-state index contributed by atoms with van der Waals surface area (Å²) in [5.74, 6) is 1.16. The van der Waals surface area contributed by atoms with E-state index in [1.807, 2.05) is 6.20 Å². The van der Waals surface area contributed by atoms with E-state index in [9.17, 15) is 0 Å². The molecule has 0 saturated heterocycles. The lowest BCUT2D eigenvalue weighted by atomic mass is 10.1. The molecule has 0 atom stereocenters. The Bertz CT molecular complexity index is 719. The Labute approximate surface area is 113 Å². The number of nitrogens with zero attached hydrogens (tertiary/aromatic N) is 2. The Kier molecular flexibility index (Phi) is 2.90. The number of aromatic nitrogens is 3. The van der Waals surface area contributed by atoms with Crippen LogP contribution >= 0.6 is 0 Å². The molecule has 0 aliphatic carbocycles. The van der Waals surface area contributed by atoms with Gasteiger partial charge in [-0.05, 0) is 42.5 Å². The molecule has 3 rings (SSSR count). The molecule has 0 aliphatic rings. The second-order valence-corrected chi connectivity index (χ2v) is 5.13. The van der Waals surface area contributed by atoms with Crippen molar-refractivity contribution in [3.05, 3.63) is 53.2 Å². The van der Waals surface area contributed by atoms with Crippen molar-refractivity contribution >= 4 is 10.9 Å². The molecule has 0 bridgehead atoms. The van der Waals surface area contributed by atoms with Gasteiger partial charge in [0.1, 0.15) is 5.82 Å². The summed E-state index contributed by atoms with van der Waals surface area (Å²) in [6, 6.07) is 6.65. The Morgan fingerprint density at radius 3 is 2.89 bits per heavy atom. The van der Waals surface area contributed by atoms with Crippen LogP contribution in [0.15, 0.2) is 30.6 Å². The molecule has 3 nitrogen and oxygen atoms in total. The fourth-order valence-corrected chi connectivity index (χ4v) is 2.74. The van der Waals surface area contributed by atoms with Crippen molar-refractivity contribution in [2.24, 2.45) is 0 Å². The number of fused-ring (bicyclic) bond motifs is 1. The number of H-pyrrole nitrogens is 1. The largest absolute Gasteiger partial charge is 0.361 e. The number of aryl methyl sites for hydroxylation is 3. The van der Waals surface area contributed by atoms with E-state index in [4.69, 9.17) is 0 Å². The van der Waals surface area contributed by atoms with Crippen molar-refractivity contribution in [1.29, 1.82) is 0 Å². The third kappa shape index (κ3) is 2.16. The maximum absolute atomic E-state index is 4.56. The lowest BCUT2D eigenvalue weighted by Gasteiger charge is -2.08.